The van der Waals surface area contributed by atoms with E-state index in [-0.39, 0.29) is 17.9 Å². The van der Waals surface area contributed by atoms with Gasteiger partial charge in [-0.15, -0.1) is 11.3 Å². The second-order valence-corrected chi connectivity index (χ2v) is 7.75. The maximum atomic E-state index is 12.5. The van der Waals surface area contributed by atoms with E-state index >= 15 is 0 Å². The molecule has 5 nitrogen and oxygen atoms in total. The SMILES string of the molecule is O=C(NC1CCCC1)c1ccc(NC(=O)c2csc(-c3ccccc3)n2)cc1. The first-order chi connectivity index (χ1) is 13.7. The van der Waals surface area contributed by atoms with Gasteiger partial charge in [0, 0.05) is 28.2 Å². The van der Waals surface area contributed by atoms with Crippen LogP contribution >= 0.6 is 11.3 Å². The van der Waals surface area contributed by atoms with Crippen LogP contribution in [0.4, 0.5) is 5.69 Å². The van der Waals surface area contributed by atoms with Crippen molar-refractivity contribution >= 4 is 28.8 Å². The summed E-state index contributed by atoms with van der Waals surface area (Å²) in [6.45, 7) is 0. The standard InChI is InChI=1S/C22H21N3O2S/c26-20(23-17-8-4-5-9-17)15-10-12-18(13-11-15)24-21(27)19-14-28-22(25-19)16-6-2-1-3-7-16/h1-3,6-7,10-14,17H,4-5,8-9H2,(H,23,26)(H,24,27). The van der Waals surface area contributed by atoms with Gasteiger partial charge in [-0.05, 0) is 37.1 Å². The monoisotopic (exact) mass is 391 g/mol. The van der Waals surface area contributed by atoms with Crippen molar-refractivity contribution in [3.63, 3.8) is 0 Å². The Morgan fingerprint density at radius 1 is 0.929 bits per heavy atom. The minimum absolute atomic E-state index is 0.0585. The number of amides is 2. The Balaban J connectivity index is 1.38. The van der Waals surface area contributed by atoms with Crippen molar-refractivity contribution < 1.29 is 9.59 Å². The van der Waals surface area contributed by atoms with E-state index in [1.54, 1.807) is 29.6 Å². The van der Waals surface area contributed by atoms with Crippen molar-refractivity contribution in [3.8, 4) is 10.6 Å². The molecule has 1 aromatic heterocycles. The number of carbonyl (C=O) groups is 2. The average Bonchev–Trinajstić information content (AvgIpc) is 3.41. The fourth-order valence-electron chi connectivity index (χ4n) is 3.33. The summed E-state index contributed by atoms with van der Waals surface area (Å²) < 4.78 is 0. The molecule has 28 heavy (non-hydrogen) atoms. The highest BCUT2D eigenvalue weighted by molar-refractivity contribution is 7.13. The lowest BCUT2D eigenvalue weighted by Crippen LogP contribution is -2.32. The lowest BCUT2D eigenvalue weighted by molar-refractivity contribution is 0.0937. The van der Waals surface area contributed by atoms with Gasteiger partial charge in [0.05, 0.1) is 0 Å². The Morgan fingerprint density at radius 3 is 2.36 bits per heavy atom. The minimum atomic E-state index is -0.262. The zero-order valence-electron chi connectivity index (χ0n) is 15.4. The third kappa shape index (κ3) is 4.28. The normalized spacial score (nSPS) is 14.0. The van der Waals surface area contributed by atoms with Crippen LogP contribution in [0.5, 0.6) is 0 Å². The van der Waals surface area contributed by atoms with Gasteiger partial charge < -0.3 is 10.6 Å². The molecule has 6 heteroatoms. The van der Waals surface area contributed by atoms with Gasteiger partial charge in [0.2, 0.25) is 0 Å². The Labute approximate surface area is 167 Å². The van der Waals surface area contributed by atoms with Crippen LogP contribution in [0.1, 0.15) is 46.5 Å². The van der Waals surface area contributed by atoms with Crippen LogP contribution in [0.2, 0.25) is 0 Å². The van der Waals surface area contributed by atoms with E-state index in [1.807, 2.05) is 30.3 Å². The zero-order chi connectivity index (χ0) is 19.3. The number of thiazole rings is 1. The Kier molecular flexibility index (Phi) is 5.48. The minimum Gasteiger partial charge on any atom is -0.349 e. The van der Waals surface area contributed by atoms with Gasteiger partial charge in [0.15, 0.2) is 0 Å². The lowest BCUT2D eigenvalue weighted by Gasteiger charge is -2.12. The summed E-state index contributed by atoms with van der Waals surface area (Å²) in [4.78, 5) is 29.2. The predicted octanol–water partition coefficient (Wildman–Crippen LogP) is 4.73. The molecule has 142 valence electrons. The molecule has 3 aromatic rings. The van der Waals surface area contributed by atoms with Crippen molar-refractivity contribution in [1.29, 1.82) is 0 Å². The maximum absolute atomic E-state index is 12.5. The molecule has 0 spiro atoms. The summed E-state index contributed by atoms with van der Waals surface area (Å²) in [6, 6.07) is 17.0. The number of rotatable bonds is 5. The van der Waals surface area contributed by atoms with E-state index < -0.39 is 0 Å². The zero-order valence-corrected chi connectivity index (χ0v) is 16.2. The van der Waals surface area contributed by atoms with E-state index in [0.717, 1.165) is 23.4 Å². The van der Waals surface area contributed by atoms with Crippen LogP contribution in [0.3, 0.4) is 0 Å². The van der Waals surface area contributed by atoms with E-state index in [0.29, 0.717) is 16.9 Å². The average molecular weight is 391 g/mol. The number of aromatic nitrogens is 1. The van der Waals surface area contributed by atoms with Gasteiger partial charge in [-0.25, -0.2) is 4.98 Å². The highest BCUT2D eigenvalue weighted by Crippen LogP contribution is 2.24. The molecule has 1 aliphatic rings. The summed E-state index contributed by atoms with van der Waals surface area (Å²) >= 11 is 1.44. The Hall–Kier alpha value is -2.99. The molecule has 2 amide bonds. The number of hydrogen-bond donors (Lipinski definition) is 2. The second-order valence-electron chi connectivity index (χ2n) is 6.89. The van der Waals surface area contributed by atoms with Crippen LogP contribution in [0.25, 0.3) is 10.6 Å². The molecule has 0 aliphatic heterocycles. The van der Waals surface area contributed by atoms with Gasteiger partial charge in [-0.1, -0.05) is 43.2 Å². The highest BCUT2D eigenvalue weighted by atomic mass is 32.1. The topological polar surface area (TPSA) is 71.1 Å². The second kappa shape index (κ2) is 8.35. The largest absolute Gasteiger partial charge is 0.349 e. The van der Waals surface area contributed by atoms with E-state index in [9.17, 15) is 9.59 Å². The third-order valence-corrected chi connectivity index (χ3v) is 5.74. The molecule has 2 aromatic carbocycles. The van der Waals surface area contributed by atoms with Crippen LogP contribution in [-0.2, 0) is 0 Å². The lowest BCUT2D eigenvalue weighted by atomic mass is 10.1. The number of anilines is 1. The fourth-order valence-corrected chi connectivity index (χ4v) is 4.14. The summed E-state index contributed by atoms with van der Waals surface area (Å²) in [5.41, 5.74) is 2.61. The van der Waals surface area contributed by atoms with Crippen molar-refractivity contribution in [2.75, 3.05) is 5.32 Å². The van der Waals surface area contributed by atoms with Gasteiger partial charge in [-0.3, -0.25) is 9.59 Å². The number of carbonyl (C=O) groups excluding carboxylic acids is 2. The van der Waals surface area contributed by atoms with E-state index in [1.165, 1.54) is 24.2 Å². The number of nitrogens with one attached hydrogen (secondary N) is 2. The van der Waals surface area contributed by atoms with Crippen LogP contribution in [0, 0.1) is 0 Å². The third-order valence-electron chi connectivity index (χ3n) is 4.85. The van der Waals surface area contributed by atoms with Gasteiger partial charge >= 0.3 is 0 Å². The molecule has 0 atom stereocenters. The smallest absolute Gasteiger partial charge is 0.275 e. The first-order valence-electron chi connectivity index (χ1n) is 9.42. The van der Waals surface area contributed by atoms with Crippen LogP contribution in [0.15, 0.2) is 60.0 Å². The van der Waals surface area contributed by atoms with Crippen molar-refractivity contribution in [2.45, 2.75) is 31.7 Å². The van der Waals surface area contributed by atoms with Crippen molar-refractivity contribution in [3.05, 3.63) is 71.2 Å². The van der Waals surface area contributed by atoms with Crippen molar-refractivity contribution in [1.82, 2.24) is 10.3 Å². The number of nitrogens with zero attached hydrogens (tertiary/aromatic N) is 1. The first-order valence-corrected chi connectivity index (χ1v) is 10.3. The fraction of sp³-hybridized carbons (Fsp3) is 0.227. The maximum Gasteiger partial charge on any atom is 0.275 e. The molecule has 1 saturated carbocycles. The molecular weight excluding hydrogens is 370 g/mol. The summed E-state index contributed by atoms with van der Waals surface area (Å²) in [6.07, 6.45) is 4.47. The molecule has 2 N–H and O–H groups in total. The Morgan fingerprint density at radius 2 is 1.64 bits per heavy atom. The molecule has 1 heterocycles. The molecule has 0 radical (unpaired) electrons. The summed E-state index contributed by atoms with van der Waals surface area (Å²) in [5.74, 6) is -0.321. The van der Waals surface area contributed by atoms with Crippen LogP contribution < -0.4 is 10.6 Å². The quantitative estimate of drug-likeness (QED) is 0.660. The molecule has 4 rings (SSSR count). The molecule has 0 unspecified atom stereocenters. The molecule has 0 saturated heterocycles. The highest BCUT2D eigenvalue weighted by Gasteiger charge is 2.18. The van der Waals surface area contributed by atoms with E-state index in [2.05, 4.69) is 15.6 Å². The van der Waals surface area contributed by atoms with E-state index in [4.69, 9.17) is 0 Å². The molecule has 1 fully saturated rings. The van der Waals surface area contributed by atoms with Crippen molar-refractivity contribution in [2.24, 2.45) is 0 Å². The summed E-state index contributed by atoms with van der Waals surface area (Å²) in [5, 5.41) is 8.46. The molecule has 0 bridgehead atoms. The van der Waals surface area contributed by atoms with Gasteiger partial charge in [0.1, 0.15) is 10.7 Å². The summed E-state index contributed by atoms with van der Waals surface area (Å²) in [7, 11) is 0. The Bertz CT molecular complexity index is 961. The van der Waals surface area contributed by atoms with Gasteiger partial charge in [0.25, 0.3) is 11.8 Å². The number of hydrogen-bond acceptors (Lipinski definition) is 4. The van der Waals surface area contributed by atoms with Crippen LogP contribution in [-0.4, -0.2) is 22.8 Å². The molecule has 1 aliphatic carbocycles. The molecular formula is C22H21N3O2S. The predicted molar refractivity (Wildman–Crippen MR) is 112 cm³/mol. The van der Waals surface area contributed by atoms with Gasteiger partial charge in [-0.2, -0.15) is 0 Å². The number of benzene rings is 2. The first kappa shape index (κ1) is 18.4.